The number of hydrogen-bond acceptors (Lipinski definition) is 3. The molecule has 84 valence electrons. The van der Waals surface area contributed by atoms with Crippen molar-refractivity contribution in [3.63, 3.8) is 0 Å². The lowest BCUT2D eigenvalue weighted by Crippen LogP contribution is -2.05. The lowest BCUT2D eigenvalue weighted by molar-refractivity contribution is 0.387. The zero-order valence-electron chi connectivity index (χ0n) is 8.38. The predicted molar refractivity (Wildman–Crippen MR) is 58.9 cm³/mol. The van der Waals surface area contributed by atoms with E-state index in [0.29, 0.717) is 10.9 Å². The molecule has 0 fully saturated rings. The van der Waals surface area contributed by atoms with E-state index in [1.807, 2.05) is 0 Å². The Hall–Kier alpha value is -1.42. The van der Waals surface area contributed by atoms with Gasteiger partial charge in [0.25, 0.3) is 0 Å². The Labute approximate surface area is 90.5 Å². The third-order valence-electron chi connectivity index (χ3n) is 2.27. The highest BCUT2D eigenvalue weighted by atomic mass is 31.2. The van der Waals surface area contributed by atoms with Crippen LogP contribution in [0.3, 0.4) is 0 Å². The van der Waals surface area contributed by atoms with E-state index in [-0.39, 0.29) is 10.9 Å². The van der Waals surface area contributed by atoms with Crippen LogP contribution in [0.15, 0.2) is 33.5 Å². The Morgan fingerprint density at radius 2 is 1.94 bits per heavy atom. The highest BCUT2D eigenvalue weighted by molar-refractivity contribution is 7.60. The number of aryl methyl sites for hydroxylation is 1. The quantitative estimate of drug-likeness (QED) is 0.571. The molecular weight excluding hydrogens is 231 g/mol. The van der Waals surface area contributed by atoms with Crippen molar-refractivity contribution in [3.8, 4) is 0 Å². The van der Waals surface area contributed by atoms with Crippen molar-refractivity contribution in [1.82, 2.24) is 0 Å². The summed E-state index contributed by atoms with van der Waals surface area (Å²) in [7, 11) is -4.31. The maximum Gasteiger partial charge on any atom is 0.356 e. The van der Waals surface area contributed by atoms with Gasteiger partial charge in [-0.1, -0.05) is 6.07 Å². The van der Waals surface area contributed by atoms with Crippen LogP contribution in [-0.4, -0.2) is 9.79 Å². The van der Waals surface area contributed by atoms with Gasteiger partial charge < -0.3 is 14.2 Å². The first-order chi connectivity index (χ1) is 7.38. The first kappa shape index (κ1) is 11.1. The third-order valence-corrected chi connectivity index (χ3v) is 3.22. The second kappa shape index (κ2) is 3.56. The van der Waals surface area contributed by atoms with Gasteiger partial charge in [0.15, 0.2) is 0 Å². The van der Waals surface area contributed by atoms with Gasteiger partial charge >= 0.3 is 13.2 Å². The van der Waals surface area contributed by atoms with Crippen LogP contribution in [0, 0.1) is 6.92 Å². The fraction of sp³-hybridized carbons (Fsp3) is 0.100. The van der Waals surface area contributed by atoms with Crippen LogP contribution in [0.5, 0.6) is 0 Å². The standard InChI is InChI=1S/C10H9O5P/c1-6-4-10(11)15-9-5-7(16(12,13)14)2-3-8(6)9/h2-5H,1H3,(H2,12,13,14). The molecule has 0 saturated carbocycles. The average Bonchev–Trinajstić information content (AvgIpc) is 2.15. The van der Waals surface area contributed by atoms with Crippen molar-refractivity contribution in [1.29, 1.82) is 0 Å². The van der Waals surface area contributed by atoms with Gasteiger partial charge in [0, 0.05) is 11.5 Å². The van der Waals surface area contributed by atoms with E-state index < -0.39 is 13.2 Å². The Balaban J connectivity index is 2.81. The van der Waals surface area contributed by atoms with Gasteiger partial charge in [-0.25, -0.2) is 4.79 Å². The van der Waals surface area contributed by atoms with Crippen LogP contribution in [-0.2, 0) is 4.57 Å². The van der Waals surface area contributed by atoms with E-state index in [0.717, 1.165) is 0 Å². The minimum Gasteiger partial charge on any atom is -0.423 e. The molecule has 0 unspecified atom stereocenters. The second-order valence-corrected chi connectivity index (χ2v) is 5.08. The van der Waals surface area contributed by atoms with Crippen molar-refractivity contribution in [2.75, 3.05) is 0 Å². The summed E-state index contributed by atoms with van der Waals surface area (Å²) >= 11 is 0. The summed E-state index contributed by atoms with van der Waals surface area (Å²) < 4.78 is 15.9. The van der Waals surface area contributed by atoms with Gasteiger partial charge in [0.05, 0.1) is 5.30 Å². The van der Waals surface area contributed by atoms with Crippen molar-refractivity contribution in [2.45, 2.75) is 6.92 Å². The van der Waals surface area contributed by atoms with E-state index in [4.69, 9.17) is 14.2 Å². The lowest BCUT2D eigenvalue weighted by Gasteiger charge is -2.05. The summed E-state index contributed by atoms with van der Waals surface area (Å²) in [5.74, 6) is 0. The molecule has 5 nitrogen and oxygen atoms in total. The molecule has 0 atom stereocenters. The molecule has 1 aromatic carbocycles. The van der Waals surface area contributed by atoms with Gasteiger partial charge in [-0.05, 0) is 24.6 Å². The van der Waals surface area contributed by atoms with Crippen molar-refractivity contribution in [3.05, 3.63) is 40.2 Å². The molecule has 16 heavy (non-hydrogen) atoms. The minimum absolute atomic E-state index is 0.159. The van der Waals surface area contributed by atoms with E-state index >= 15 is 0 Å². The van der Waals surface area contributed by atoms with Crippen molar-refractivity contribution in [2.24, 2.45) is 0 Å². The normalized spacial score (nSPS) is 11.9. The third kappa shape index (κ3) is 1.93. The van der Waals surface area contributed by atoms with E-state index in [2.05, 4.69) is 0 Å². The van der Waals surface area contributed by atoms with Gasteiger partial charge in [-0.2, -0.15) is 0 Å². The fourth-order valence-corrected chi connectivity index (χ4v) is 2.05. The predicted octanol–water partition coefficient (Wildman–Crippen LogP) is 0.904. The maximum absolute atomic E-state index is 11.1. The number of rotatable bonds is 1. The Morgan fingerprint density at radius 3 is 2.56 bits per heavy atom. The van der Waals surface area contributed by atoms with Crippen LogP contribution in [0.2, 0.25) is 0 Å². The van der Waals surface area contributed by atoms with Gasteiger partial charge in [-0.15, -0.1) is 0 Å². The molecule has 2 rings (SSSR count). The monoisotopic (exact) mass is 240 g/mol. The molecule has 1 aromatic heterocycles. The second-order valence-electron chi connectivity index (χ2n) is 3.47. The molecule has 0 radical (unpaired) electrons. The van der Waals surface area contributed by atoms with E-state index in [1.54, 1.807) is 6.92 Å². The van der Waals surface area contributed by atoms with Crippen LogP contribution >= 0.6 is 7.60 Å². The van der Waals surface area contributed by atoms with Gasteiger partial charge in [0.2, 0.25) is 0 Å². The number of fused-ring (bicyclic) bond motifs is 1. The summed E-state index contributed by atoms with van der Waals surface area (Å²) in [6.07, 6.45) is 0. The van der Waals surface area contributed by atoms with E-state index in [9.17, 15) is 9.36 Å². The van der Waals surface area contributed by atoms with E-state index in [1.165, 1.54) is 24.3 Å². The summed E-state index contributed by atoms with van der Waals surface area (Å²) in [6, 6.07) is 5.39. The van der Waals surface area contributed by atoms with Crippen LogP contribution in [0.1, 0.15) is 5.56 Å². The highest BCUT2D eigenvalue weighted by Gasteiger charge is 2.18. The molecule has 2 aromatic rings. The molecule has 0 amide bonds. The van der Waals surface area contributed by atoms with Gasteiger partial charge in [0.1, 0.15) is 5.58 Å². The molecule has 1 heterocycles. The molecule has 0 spiro atoms. The summed E-state index contributed by atoms with van der Waals surface area (Å²) in [4.78, 5) is 29.1. The minimum atomic E-state index is -4.31. The zero-order valence-corrected chi connectivity index (χ0v) is 9.27. The molecular formula is C10H9O5P. The molecule has 0 bridgehead atoms. The lowest BCUT2D eigenvalue weighted by atomic mass is 10.1. The Bertz CT molecular complexity index is 652. The number of hydrogen-bond donors (Lipinski definition) is 2. The van der Waals surface area contributed by atoms with Crippen LogP contribution in [0.4, 0.5) is 0 Å². The summed E-state index contributed by atoms with van der Waals surface area (Å²) in [6.45, 7) is 1.73. The SMILES string of the molecule is Cc1cc(=O)oc2cc(P(=O)(O)O)ccc12. The molecule has 6 heteroatoms. The highest BCUT2D eigenvalue weighted by Crippen LogP contribution is 2.34. The van der Waals surface area contributed by atoms with Crippen molar-refractivity contribution >= 4 is 23.9 Å². The zero-order chi connectivity index (χ0) is 11.9. The number of benzene rings is 1. The first-order valence-electron chi connectivity index (χ1n) is 4.48. The summed E-state index contributed by atoms with van der Waals surface area (Å²) in [5.41, 5.74) is 0.363. The molecule has 0 aliphatic rings. The van der Waals surface area contributed by atoms with Crippen LogP contribution in [0.25, 0.3) is 11.0 Å². The Morgan fingerprint density at radius 1 is 1.25 bits per heavy atom. The molecule has 2 N–H and O–H groups in total. The average molecular weight is 240 g/mol. The smallest absolute Gasteiger partial charge is 0.356 e. The molecule has 0 saturated heterocycles. The first-order valence-corrected chi connectivity index (χ1v) is 6.10. The summed E-state index contributed by atoms with van der Waals surface area (Å²) in [5, 5.41) is 0.505. The Kier molecular flexibility index (Phi) is 2.46. The maximum atomic E-state index is 11.1. The molecule has 0 aliphatic carbocycles. The van der Waals surface area contributed by atoms with Crippen molar-refractivity contribution < 1.29 is 18.8 Å². The largest absolute Gasteiger partial charge is 0.423 e. The van der Waals surface area contributed by atoms with Crippen LogP contribution < -0.4 is 10.9 Å². The topological polar surface area (TPSA) is 87.7 Å². The van der Waals surface area contributed by atoms with Gasteiger partial charge in [-0.3, -0.25) is 4.57 Å². The fourth-order valence-electron chi connectivity index (χ4n) is 1.49. The molecule has 0 aliphatic heterocycles.